The molecule has 0 saturated carbocycles. The van der Waals surface area contributed by atoms with Gasteiger partial charge in [0.05, 0.1) is 128 Å². The number of pyridine rings is 1. The van der Waals surface area contributed by atoms with Crippen LogP contribution in [0.25, 0.3) is 11.1 Å². The number of hydrogen-bond acceptors (Lipinski definition) is 16. The number of amides is 2. The summed E-state index contributed by atoms with van der Waals surface area (Å²) in [7, 11) is -4.57. The van der Waals surface area contributed by atoms with E-state index in [1.54, 1.807) is 24.4 Å². The van der Waals surface area contributed by atoms with Crippen LogP contribution in [-0.2, 0) is 65.2 Å². The Hall–Kier alpha value is -4.49. The van der Waals surface area contributed by atoms with Gasteiger partial charge < -0.3 is 64.3 Å². The van der Waals surface area contributed by atoms with Gasteiger partial charge in [-0.15, -0.1) is 0 Å². The molecule has 0 saturated heterocycles. The third-order valence-electron chi connectivity index (χ3n) is 9.76. The fourth-order valence-corrected chi connectivity index (χ4v) is 7.88. The molecule has 2 aromatic carbocycles. The smallest absolute Gasteiger partial charge is 0.417 e. The Morgan fingerprint density at radius 2 is 1.29 bits per heavy atom. The van der Waals surface area contributed by atoms with E-state index in [1.165, 1.54) is 4.90 Å². The molecule has 4 rings (SSSR count). The molecule has 0 atom stereocenters. The second-order valence-corrected chi connectivity index (χ2v) is 16.7. The Morgan fingerprint density at radius 3 is 1.80 bits per heavy atom. The average molecular weight is 958 g/mol. The lowest BCUT2D eigenvalue weighted by molar-refractivity contribution is -0.140. The third-order valence-corrected chi connectivity index (χ3v) is 11.5. The minimum atomic E-state index is -5.11. The molecule has 3 aromatic rings. The van der Waals surface area contributed by atoms with Crippen LogP contribution in [0.5, 0.6) is 5.75 Å². The number of nitrogens with two attached hydrogens (primary N) is 2. The number of nitrogens with one attached hydrogen (secondary N) is 1. The zero-order valence-corrected chi connectivity index (χ0v) is 38.1. The summed E-state index contributed by atoms with van der Waals surface area (Å²) >= 11 is 0. The number of aromatic nitrogens is 1. The summed E-state index contributed by atoms with van der Waals surface area (Å²) in [6.07, 6.45) is -3.63. The number of carbonyl (C=O) groups is 2. The van der Waals surface area contributed by atoms with Crippen LogP contribution in [0.15, 0.2) is 53.6 Å². The molecule has 0 aliphatic carbocycles. The minimum absolute atomic E-state index is 0.0107. The number of nitrogens with zero attached hydrogens (tertiary/aromatic N) is 2. The molecule has 5 N–H and O–H groups in total. The SMILES string of the molecule is Cc1c(C(=O)N2CCOc3ccc(-c4ccc(N)nc4)cc3C2)ccc(S(=O)(=O)CCNC(=O)CCOCCOCCOCCOCCOCCOCCOCCOCCN)c1C(F)(F)F. The summed E-state index contributed by atoms with van der Waals surface area (Å²) in [6.45, 7) is 7.42. The standard InChI is InChI=1S/C44H62F3N5O13S/c1-33-37(43(54)52-11-14-65-38-5-2-34(30-36(38)32-52)35-3-7-40(49)51-31-35)4-6-39(42(33)44(45,46)47)66(55,56)29-10-50-41(53)8-12-57-15-17-59-19-21-61-23-25-63-27-28-64-26-24-62-22-20-60-18-16-58-13-9-48/h2-7,30-31H,8-29,32,48H2,1H3,(H2,49,51)(H,50,53). The Kier molecular flexibility index (Phi) is 24.0. The van der Waals surface area contributed by atoms with Crippen LogP contribution in [0.2, 0.25) is 0 Å². The molecule has 0 bridgehead atoms. The van der Waals surface area contributed by atoms with Gasteiger partial charge in [0, 0.05) is 48.9 Å². The summed E-state index contributed by atoms with van der Waals surface area (Å²) in [5.74, 6) is -1.21. The lowest BCUT2D eigenvalue weighted by Crippen LogP contribution is -2.34. The third kappa shape index (κ3) is 19.0. The molecule has 1 aliphatic rings. The number of alkyl halides is 3. The largest absolute Gasteiger partial charge is 0.491 e. The lowest BCUT2D eigenvalue weighted by atomic mass is 10.00. The predicted molar refractivity (Wildman–Crippen MR) is 236 cm³/mol. The normalized spacial score (nSPS) is 13.0. The van der Waals surface area contributed by atoms with Crippen molar-refractivity contribution in [3.8, 4) is 16.9 Å². The Balaban J connectivity index is 1.07. The van der Waals surface area contributed by atoms with Crippen LogP contribution < -0.4 is 21.5 Å². The molecule has 0 radical (unpaired) electrons. The van der Waals surface area contributed by atoms with E-state index in [1.807, 2.05) is 12.1 Å². The first-order chi connectivity index (χ1) is 31.8. The quantitative estimate of drug-likeness (QED) is 0.0764. The highest BCUT2D eigenvalue weighted by molar-refractivity contribution is 7.91. The zero-order chi connectivity index (χ0) is 47.6. The van der Waals surface area contributed by atoms with Gasteiger partial charge in [-0.3, -0.25) is 9.59 Å². The molecule has 2 heterocycles. The van der Waals surface area contributed by atoms with Crippen LogP contribution >= 0.6 is 0 Å². The van der Waals surface area contributed by atoms with Gasteiger partial charge in [0.25, 0.3) is 5.91 Å². The highest BCUT2D eigenvalue weighted by Crippen LogP contribution is 2.39. The molecule has 2 amide bonds. The van der Waals surface area contributed by atoms with E-state index in [2.05, 4.69) is 10.3 Å². The van der Waals surface area contributed by atoms with Crippen molar-refractivity contribution in [3.05, 3.63) is 70.9 Å². The van der Waals surface area contributed by atoms with Crippen LogP contribution in [0.4, 0.5) is 19.0 Å². The summed E-state index contributed by atoms with van der Waals surface area (Å²) in [5.41, 5.74) is 10.9. The van der Waals surface area contributed by atoms with Crippen molar-refractivity contribution in [2.24, 2.45) is 5.73 Å². The maximum atomic E-state index is 14.6. The predicted octanol–water partition coefficient (Wildman–Crippen LogP) is 3.06. The van der Waals surface area contributed by atoms with Crippen molar-refractivity contribution in [1.82, 2.24) is 15.2 Å². The summed E-state index contributed by atoms with van der Waals surface area (Å²) in [4.78, 5) is 30.6. The van der Waals surface area contributed by atoms with Gasteiger partial charge in [-0.25, -0.2) is 13.4 Å². The molecule has 368 valence electrons. The Morgan fingerprint density at radius 1 is 0.758 bits per heavy atom. The van der Waals surface area contributed by atoms with Gasteiger partial charge >= 0.3 is 6.18 Å². The average Bonchev–Trinajstić information content (AvgIpc) is 3.51. The topological polar surface area (TPSA) is 232 Å². The van der Waals surface area contributed by atoms with Crippen LogP contribution in [0.3, 0.4) is 0 Å². The number of hydrogen-bond donors (Lipinski definition) is 3. The number of ether oxygens (including phenoxy) is 9. The number of nitrogen functional groups attached to an aromatic ring is 1. The maximum Gasteiger partial charge on any atom is 0.417 e. The second-order valence-electron chi connectivity index (χ2n) is 14.6. The summed E-state index contributed by atoms with van der Waals surface area (Å²) in [6, 6.07) is 10.7. The number of anilines is 1. The van der Waals surface area contributed by atoms with E-state index in [0.29, 0.717) is 110 Å². The van der Waals surface area contributed by atoms with E-state index in [4.69, 9.17) is 54.1 Å². The van der Waals surface area contributed by atoms with Crippen molar-refractivity contribution in [1.29, 1.82) is 0 Å². The zero-order valence-electron chi connectivity index (χ0n) is 37.3. The number of sulfone groups is 1. The van der Waals surface area contributed by atoms with Gasteiger partial charge in [0.2, 0.25) is 5.91 Å². The molecule has 18 nitrogen and oxygen atoms in total. The van der Waals surface area contributed by atoms with E-state index >= 15 is 0 Å². The summed E-state index contributed by atoms with van der Waals surface area (Å²) < 4.78 is 119. The number of carbonyl (C=O) groups excluding carboxylic acids is 2. The van der Waals surface area contributed by atoms with Crippen LogP contribution in [0.1, 0.15) is 33.5 Å². The van der Waals surface area contributed by atoms with E-state index in [-0.39, 0.29) is 51.5 Å². The van der Waals surface area contributed by atoms with Crippen molar-refractivity contribution < 1.29 is 73.8 Å². The molecule has 0 fully saturated rings. The fourth-order valence-electron chi connectivity index (χ4n) is 6.44. The number of rotatable bonds is 32. The fraction of sp³-hybridized carbons (Fsp3) is 0.568. The first-order valence-corrected chi connectivity index (χ1v) is 23.3. The maximum absolute atomic E-state index is 14.6. The first kappa shape index (κ1) is 54.1. The Labute approximate surface area is 383 Å². The van der Waals surface area contributed by atoms with E-state index in [0.717, 1.165) is 30.2 Å². The van der Waals surface area contributed by atoms with Gasteiger partial charge in [-0.05, 0) is 54.4 Å². The highest BCUT2D eigenvalue weighted by atomic mass is 32.2. The van der Waals surface area contributed by atoms with Crippen LogP contribution in [-0.4, -0.2) is 168 Å². The van der Waals surface area contributed by atoms with E-state index in [9.17, 15) is 31.2 Å². The Bertz CT molecular complexity index is 2030. The van der Waals surface area contributed by atoms with Crippen LogP contribution in [0, 0.1) is 6.92 Å². The number of halogens is 3. The minimum Gasteiger partial charge on any atom is -0.491 e. The molecular formula is C44H62F3N5O13S. The summed E-state index contributed by atoms with van der Waals surface area (Å²) in [5, 5.41) is 2.41. The number of fused-ring (bicyclic) bond motifs is 1. The van der Waals surface area contributed by atoms with Crippen molar-refractivity contribution in [3.63, 3.8) is 0 Å². The van der Waals surface area contributed by atoms with E-state index < -0.39 is 56.1 Å². The molecular weight excluding hydrogens is 896 g/mol. The lowest BCUT2D eigenvalue weighted by Gasteiger charge is -2.23. The van der Waals surface area contributed by atoms with Crippen molar-refractivity contribution >= 4 is 27.5 Å². The molecule has 1 aliphatic heterocycles. The second kappa shape index (κ2) is 29.3. The highest BCUT2D eigenvalue weighted by Gasteiger charge is 2.40. The van der Waals surface area contributed by atoms with Gasteiger partial charge in [-0.2, -0.15) is 13.2 Å². The van der Waals surface area contributed by atoms with Gasteiger partial charge in [0.1, 0.15) is 18.2 Å². The molecule has 0 unspecified atom stereocenters. The molecule has 1 aromatic heterocycles. The van der Waals surface area contributed by atoms with Gasteiger partial charge in [0.15, 0.2) is 9.84 Å². The molecule has 22 heteroatoms. The molecule has 66 heavy (non-hydrogen) atoms. The van der Waals surface area contributed by atoms with Gasteiger partial charge in [-0.1, -0.05) is 6.07 Å². The molecule has 0 spiro atoms. The van der Waals surface area contributed by atoms with Crippen molar-refractivity contribution in [2.45, 2.75) is 31.0 Å². The number of benzene rings is 2. The first-order valence-electron chi connectivity index (χ1n) is 21.6. The van der Waals surface area contributed by atoms with Crippen molar-refractivity contribution in [2.75, 3.05) is 143 Å². The monoisotopic (exact) mass is 957 g/mol.